The van der Waals surface area contributed by atoms with Gasteiger partial charge in [0.1, 0.15) is 11.2 Å². The first-order valence-electron chi connectivity index (χ1n) is 12.1. The molecular weight excluding hydrogens is 494 g/mol. The van der Waals surface area contributed by atoms with Crippen LogP contribution >= 0.6 is 11.6 Å². The topological polar surface area (TPSA) is 149 Å². The molecule has 5 N–H and O–H groups in total. The number of benzene rings is 1. The first-order valence-corrected chi connectivity index (χ1v) is 12.5. The van der Waals surface area contributed by atoms with Gasteiger partial charge in [-0.2, -0.15) is 4.98 Å². The standard InChI is InChI=1S/C26H30ClN7O3/c1-4-15-8-10-16(11-9-15)13-34-20-19(17-6-5-7-18(27)12-17)29-23(21(28)30-25(36)37)31-22(20)32-24(34)33-26(2,3)14-35/h1,5-7,12,15-16,35H,8-11,13-14H2,2-3H3,(H2,28,30)(H,36,37)(H,29,31,32,33). The number of aliphatic hydroxyl groups is 1. The average Bonchev–Trinajstić information content (AvgIpc) is 3.19. The van der Waals surface area contributed by atoms with Crippen molar-refractivity contribution >= 4 is 40.6 Å². The number of hydrogen-bond donors (Lipinski definition) is 5. The lowest BCUT2D eigenvalue weighted by Gasteiger charge is -2.29. The van der Waals surface area contributed by atoms with Crippen LogP contribution in [0, 0.1) is 29.6 Å². The minimum Gasteiger partial charge on any atom is -0.465 e. The highest BCUT2D eigenvalue weighted by molar-refractivity contribution is 6.30. The van der Waals surface area contributed by atoms with Crippen LogP contribution in [-0.2, 0) is 6.54 Å². The Hall–Kier alpha value is -3.68. The molecule has 1 aromatic carbocycles. The molecular formula is C26H30ClN7O3. The van der Waals surface area contributed by atoms with E-state index in [-0.39, 0.29) is 12.4 Å². The zero-order valence-electron chi connectivity index (χ0n) is 20.8. The van der Waals surface area contributed by atoms with E-state index in [0.717, 1.165) is 25.7 Å². The maximum absolute atomic E-state index is 11.2. The molecule has 0 unspecified atom stereocenters. The van der Waals surface area contributed by atoms with E-state index < -0.39 is 17.5 Å². The van der Waals surface area contributed by atoms with E-state index in [4.69, 9.17) is 33.5 Å². The van der Waals surface area contributed by atoms with Crippen molar-refractivity contribution in [3.8, 4) is 23.6 Å². The van der Waals surface area contributed by atoms with Crippen LogP contribution < -0.4 is 10.6 Å². The largest absolute Gasteiger partial charge is 0.465 e. The zero-order chi connectivity index (χ0) is 26.7. The summed E-state index contributed by atoms with van der Waals surface area (Å²) in [6, 6.07) is 7.13. The highest BCUT2D eigenvalue weighted by Gasteiger charge is 2.28. The molecule has 1 amide bonds. The maximum atomic E-state index is 11.2. The molecule has 1 saturated carbocycles. The number of fused-ring (bicyclic) bond motifs is 1. The molecule has 11 heteroatoms. The Balaban J connectivity index is 1.91. The number of carbonyl (C=O) groups is 1. The van der Waals surface area contributed by atoms with E-state index in [1.807, 2.05) is 29.8 Å². The number of aromatic nitrogens is 4. The Morgan fingerprint density at radius 3 is 2.62 bits per heavy atom. The molecule has 4 rings (SSSR count). The van der Waals surface area contributed by atoms with Crippen molar-refractivity contribution in [3.63, 3.8) is 0 Å². The Bertz CT molecular complexity index is 1370. The molecule has 10 nitrogen and oxygen atoms in total. The summed E-state index contributed by atoms with van der Waals surface area (Å²) in [5, 5.41) is 33.0. The van der Waals surface area contributed by atoms with Gasteiger partial charge in [0, 0.05) is 23.0 Å². The third-order valence-corrected chi connectivity index (χ3v) is 6.76. The molecule has 0 radical (unpaired) electrons. The predicted octanol–water partition coefficient (Wildman–Crippen LogP) is 4.36. The van der Waals surface area contributed by atoms with Crippen LogP contribution in [0.5, 0.6) is 0 Å². The van der Waals surface area contributed by atoms with Gasteiger partial charge >= 0.3 is 6.09 Å². The average molecular weight is 524 g/mol. The van der Waals surface area contributed by atoms with Crippen molar-refractivity contribution in [2.45, 2.75) is 51.6 Å². The summed E-state index contributed by atoms with van der Waals surface area (Å²) in [6.45, 7) is 4.21. The van der Waals surface area contributed by atoms with Crippen molar-refractivity contribution in [1.29, 1.82) is 5.41 Å². The Morgan fingerprint density at radius 2 is 2.00 bits per heavy atom. The second-order valence-corrected chi connectivity index (χ2v) is 10.4. The van der Waals surface area contributed by atoms with E-state index >= 15 is 0 Å². The SMILES string of the molecule is C#CC1CCC(Cn2c(NC(C)(C)CO)nc3nc(C(=N)NC(=O)O)nc(-c4cccc(Cl)c4)c32)CC1. The van der Waals surface area contributed by atoms with Gasteiger partial charge in [-0.15, -0.1) is 12.3 Å². The van der Waals surface area contributed by atoms with Crippen LogP contribution in [0.15, 0.2) is 24.3 Å². The fraction of sp³-hybridized carbons (Fsp3) is 0.423. The van der Waals surface area contributed by atoms with E-state index in [0.29, 0.717) is 51.8 Å². The third-order valence-electron chi connectivity index (χ3n) is 6.53. The molecule has 0 aliphatic heterocycles. The number of terminal acetylenes is 1. The molecule has 1 fully saturated rings. The molecule has 0 saturated heterocycles. The molecule has 194 valence electrons. The van der Waals surface area contributed by atoms with Gasteiger partial charge in [-0.25, -0.2) is 14.8 Å². The summed E-state index contributed by atoms with van der Waals surface area (Å²) >= 11 is 6.30. The highest BCUT2D eigenvalue weighted by Crippen LogP contribution is 2.35. The van der Waals surface area contributed by atoms with Gasteiger partial charge in [-0.05, 0) is 57.6 Å². The van der Waals surface area contributed by atoms with Gasteiger partial charge in [0.15, 0.2) is 17.3 Å². The molecule has 0 spiro atoms. The van der Waals surface area contributed by atoms with E-state index in [9.17, 15) is 9.90 Å². The molecule has 2 aromatic heterocycles. The number of hydrogen-bond acceptors (Lipinski definition) is 7. The van der Waals surface area contributed by atoms with Crippen LogP contribution in [0.25, 0.3) is 22.4 Å². The van der Waals surface area contributed by atoms with Crippen LogP contribution in [0.3, 0.4) is 0 Å². The van der Waals surface area contributed by atoms with Gasteiger partial charge < -0.3 is 20.1 Å². The molecule has 1 aliphatic carbocycles. The van der Waals surface area contributed by atoms with Gasteiger partial charge in [-0.3, -0.25) is 10.7 Å². The molecule has 37 heavy (non-hydrogen) atoms. The number of anilines is 1. The van der Waals surface area contributed by atoms with Crippen LogP contribution in [0.2, 0.25) is 5.02 Å². The molecule has 0 bridgehead atoms. The lowest BCUT2D eigenvalue weighted by molar-refractivity contribution is 0.200. The lowest BCUT2D eigenvalue weighted by atomic mass is 9.82. The fourth-order valence-corrected chi connectivity index (χ4v) is 4.72. The highest BCUT2D eigenvalue weighted by atomic mass is 35.5. The Morgan fingerprint density at radius 1 is 1.27 bits per heavy atom. The number of nitrogens with zero attached hydrogens (tertiary/aromatic N) is 4. The predicted molar refractivity (Wildman–Crippen MR) is 143 cm³/mol. The number of aliphatic hydroxyl groups excluding tert-OH is 1. The van der Waals surface area contributed by atoms with Crippen molar-refractivity contribution in [1.82, 2.24) is 24.8 Å². The summed E-state index contributed by atoms with van der Waals surface area (Å²) < 4.78 is 2.02. The van der Waals surface area contributed by atoms with E-state index in [2.05, 4.69) is 21.2 Å². The van der Waals surface area contributed by atoms with Crippen LogP contribution in [0.4, 0.5) is 10.7 Å². The van der Waals surface area contributed by atoms with Crippen LogP contribution in [-0.4, -0.2) is 53.8 Å². The maximum Gasteiger partial charge on any atom is 0.410 e. The molecule has 3 aromatic rings. The normalized spacial score (nSPS) is 17.8. The summed E-state index contributed by atoms with van der Waals surface area (Å²) in [5.41, 5.74) is 1.40. The lowest BCUT2D eigenvalue weighted by Crippen LogP contribution is -2.36. The summed E-state index contributed by atoms with van der Waals surface area (Å²) in [6.07, 6.45) is 8.11. The zero-order valence-corrected chi connectivity index (χ0v) is 21.5. The van der Waals surface area contributed by atoms with E-state index in [1.165, 1.54) is 0 Å². The van der Waals surface area contributed by atoms with Gasteiger partial charge in [0.25, 0.3) is 0 Å². The molecule has 0 atom stereocenters. The second kappa shape index (κ2) is 10.7. The monoisotopic (exact) mass is 523 g/mol. The number of carboxylic acid groups (broad SMARTS) is 1. The fourth-order valence-electron chi connectivity index (χ4n) is 4.53. The number of amidine groups is 1. The quantitative estimate of drug-likeness (QED) is 0.175. The number of halogens is 1. The minimum absolute atomic E-state index is 0.114. The van der Waals surface area contributed by atoms with Crippen molar-refractivity contribution in [2.75, 3.05) is 11.9 Å². The van der Waals surface area contributed by atoms with Gasteiger partial charge in [0.2, 0.25) is 5.95 Å². The van der Waals surface area contributed by atoms with Gasteiger partial charge in [0.05, 0.1) is 12.1 Å². The van der Waals surface area contributed by atoms with E-state index in [1.54, 1.807) is 18.2 Å². The summed E-state index contributed by atoms with van der Waals surface area (Å²) in [4.78, 5) is 24.9. The smallest absolute Gasteiger partial charge is 0.410 e. The number of amides is 1. The Kier molecular flexibility index (Phi) is 7.66. The van der Waals surface area contributed by atoms with Crippen molar-refractivity contribution in [3.05, 3.63) is 35.1 Å². The number of rotatable bonds is 7. The summed E-state index contributed by atoms with van der Waals surface area (Å²) in [5.74, 6) is 3.43. The van der Waals surface area contributed by atoms with Crippen LogP contribution in [0.1, 0.15) is 45.4 Å². The number of imidazole rings is 1. The van der Waals surface area contributed by atoms with Crippen molar-refractivity contribution < 1.29 is 15.0 Å². The minimum atomic E-state index is -1.39. The molecule has 2 heterocycles. The van der Waals surface area contributed by atoms with Crippen molar-refractivity contribution in [2.24, 2.45) is 11.8 Å². The Labute approximate surface area is 220 Å². The molecule has 1 aliphatic rings. The number of nitrogens with one attached hydrogen (secondary N) is 3. The first-order chi connectivity index (χ1) is 17.6. The third kappa shape index (κ3) is 6.01. The van der Waals surface area contributed by atoms with Gasteiger partial charge in [-0.1, -0.05) is 23.7 Å². The first kappa shape index (κ1) is 26.4. The summed E-state index contributed by atoms with van der Waals surface area (Å²) in [7, 11) is 0. The second-order valence-electron chi connectivity index (χ2n) is 9.98.